The van der Waals surface area contributed by atoms with Crippen molar-refractivity contribution < 1.29 is 4.74 Å². The van der Waals surface area contributed by atoms with E-state index >= 15 is 0 Å². The summed E-state index contributed by atoms with van der Waals surface area (Å²) in [6.07, 6.45) is 0. The molecule has 1 heterocycles. The first kappa shape index (κ1) is 10.8. The minimum Gasteiger partial charge on any atom is -0.497 e. The van der Waals surface area contributed by atoms with E-state index in [-0.39, 0.29) is 5.54 Å². The van der Waals surface area contributed by atoms with Gasteiger partial charge in [0.05, 0.1) is 19.2 Å². The lowest BCUT2D eigenvalue weighted by atomic mass is 9.91. The largest absolute Gasteiger partial charge is 0.497 e. The number of nitrogens with two attached hydrogens (primary N) is 1. The van der Waals surface area contributed by atoms with Gasteiger partial charge in [0, 0.05) is 7.05 Å². The molecule has 16 heavy (non-hydrogen) atoms. The fraction of sp³-hybridized carbons (Fsp3) is 0.417. The van der Waals surface area contributed by atoms with Gasteiger partial charge in [-0.25, -0.2) is 0 Å². The molecule has 1 aliphatic heterocycles. The standard InChI is InChI=1S/C12H17N3O/c1-12(8-14-11(13)15(12)2)9-4-6-10(16-3)7-5-9/h4-7H,8H2,1-3H3,(H2,13,14). The van der Waals surface area contributed by atoms with Gasteiger partial charge in [-0.05, 0) is 24.6 Å². The Hall–Kier alpha value is -1.71. The van der Waals surface area contributed by atoms with Crippen LogP contribution in [0.15, 0.2) is 29.3 Å². The van der Waals surface area contributed by atoms with Crippen molar-refractivity contribution in [1.29, 1.82) is 0 Å². The molecule has 0 aromatic heterocycles. The van der Waals surface area contributed by atoms with E-state index in [1.54, 1.807) is 7.11 Å². The first-order valence-corrected chi connectivity index (χ1v) is 5.26. The summed E-state index contributed by atoms with van der Waals surface area (Å²) in [6.45, 7) is 2.83. The summed E-state index contributed by atoms with van der Waals surface area (Å²) >= 11 is 0. The number of hydrogen-bond acceptors (Lipinski definition) is 4. The molecule has 1 aromatic carbocycles. The van der Waals surface area contributed by atoms with Crippen molar-refractivity contribution in [3.05, 3.63) is 29.8 Å². The van der Waals surface area contributed by atoms with Gasteiger partial charge < -0.3 is 15.4 Å². The monoisotopic (exact) mass is 219 g/mol. The van der Waals surface area contributed by atoms with Crippen molar-refractivity contribution in [3.8, 4) is 5.75 Å². The van der Waals surface area contributed by atoms with Crippen molar-refractivity contribution in [3.63, 3.8) is 0 Å². The van der Waals surface area contributed by atoms with Gasteiger partial charge in [-0.15, -0.1) is 0 Å². The third kappa shape index (κ3) is 1.50. The summed E-state index contributed by atoms with van der Waals surface area (Å²) < 4.78 is 5.15. The SMILES string of the molecule is COc1ccc(C2(C)CN=C(N)N2C)cc1. The maximum atomic E-state index is 5.80. The minimum atomic E-state index is -0.143. The van der Waals surface area contributed by atoms with Crippen LogP contribution in [0.25, 0.3) is 0 Å². The summed E-state index contributed by atoms with van der Waals surface area (Å²) in [7, 11) is 3.63. The molecule has 4 heteroatoms. The van der Waals surface area contributed by atoms with Crippen LogP contribution in [-0.4, -0.2) is 31.6 Å². The molecule has 86 valence electrons. The van der Waals surface area contributed by atoms with E-state index < -0.39 is 0 Å². The van der Waals surface area contributed by atoms with E-state index in [4.69, 9.17) is 10.5 Å². The molecule has 0 radical (unpaired) electrons. The van der Waals surface area contributed by atoms with Crippen LogP contribution in [0, 0.1) is 0 Å². The maximum absolute atomic E-state index is 5.80. The molecule has 0 bridgehead atoms. The van der Waals surface area contributed by atoms with Crippen LogP contribution >= 0.6 is 0 Å². The van der Waals surface area contributed by atoms with Gasteiger partial charge in [-0.3, -0.25) is 4.99 Å². The smallest absolute Gasteiger partial charge is 0.191 e. The number of likely N-dealkylation sites (N-methyl/N-ethyl adjacent to an activating group) is 1. The zero-order valence-electron chi connectivity index (χ0n) is 9.90. The normalized spacial score (nSPS) is 24.4. The third-order valence-corrected chi connectivity index (χ3v) is 3.34. The van der Waals surface area contributed by atoms with E-state index in [0.717, 1.165) is 5.75 Å². The first-order chi connectivity index (χ1) is 7.58. The zero-order chi connectivity index (χ0) is 11.8. The van der Waals surface area contributed by atoms with Crippen molar-refractivity contribution in [2.75, 3.05) is 20.7 Å². The fourth-order valence-corrected chi connectivity index (χ4v) is 1.93. The van der Waals surface area contributed by atoms with E-state index in [0.29, 0.717) is 12.5 Å². The Balaban J connectivity index is 2.30. The van der Waals surface area contributed by atoms with Crippen LogP contribution in [0.3, 0.4) is 0 Å². The van der Waals surface area contributed by atoms with Gasteiger partial charge >= 0.3 is 0 Å². The molecule has 0 spiro atoms. The molecule has 4 nitrogen and oxygen atoms in total. The Labute approximate surface area is 95.7 Å². The number of rotatable bonds is 2. The highest BCUT2D eigenvalue weighted by atomic mass is 16.5. The summed E-state index contributed by atoms with van der Waals surface area (Å²) in [5.41, 5.74) is 6.85. The number of ether oxygens (including phenoxy) is 1. The lowest BCUT2D eigenvalue weighted by Gasteiger charge is -2.33. The molecule has 1 aliphatic rings. The Bertz CT molecular complexity index is 413. The van der Waals surface area contributed by atoms with E-state index in [1.807, 2.05) is 24.1 Å². The Morgan fingerprint density at radius 1 is 1.38 bits per heavy atom. The Morgan fingerprint density at radius 3 is 2.44 bits per heavy atom. The number of methoxy groups -OCH3 is 1. The molecule has 1 atom stereocenters. The molecular formula is C12H17N3O. The second-order valence-corrected chi connectivity index (χ2v) is 4.24. The summed E-state index contributed by atoms with van der Waals surface area (Å²) in [5, 5.41) is 0. The summed E-state index contributed by atoms with van der Waals surface area (Å²) in [5.74, 6) is 1.46. The molecule has 1 unspecified atom stereocenters. The molecule has 2 N–H and O–H groups in total. The average Bonchev–Trinajstić information content (AvgIpc) is 2.59. The van der Waals surface area contributed by atoms with Crippen LogP contribution in [-0.2, 0) is 5.54 Å². The minimum absolute atomic E-state index is 0.143. The lowest BCUT2D eigenvalue weighted by molar-refractivity contribution is 0.267. The summed E-state index contributed by atoms with van der Waals surface area (Å²) in [6, 6.07) is 8.04. The fourth-order valence-electron chi connectivity index (χ4n) is 1.93. The first-order valence-electron chi connectivity index (χ1n) is 5.26. The molecule has 0 fully saturated rings. The van der Waals surface area contributed by atoms with E-state index in [9.17, 15) is 0 Å². The number of benzene rings is 1. The maximum Gasteiger partial charge on any atom is 0.191 e. The van der Waals surface area contributed by atoms with Crippen molar-refractivity contribution >= 4 is 5.96 Å². The van der Waals surface area contributed by atoms with Crippen molar-refractivity contribution in [1.82, 2.24) is 4.90 Å². The van der Waals surface area contributed by atoms with Crippen LogP contribution in [0.2, 0.25) is 0 Å². The number of guanidine groups is 1. The molecule has 2 rings (SSSR count). The molecule has 0 aliphatic carbocycles. The highest BCUT2D eigenvalue weighted by Gasteiger charge is 2.36. The van der Waals surface area contributed by atoms with E-state index in [2.05, 4.69) is 24.0 Å². The predicted molar refractivity (Wildman–Crippen MR) is 64.6 cm³/mol. The topological polar surface area (TPSA) is 50.9 Å². The van der Waals surface area contributed by atoms with Crippen molar-refractivity contribution in [2.24, 2.45) is 10.7 Å². The van der Waals surface area contributed by atoms with Crippen molar-refractivity contribution in [2.45, 2.75) is 12.5 Å². The second kappa shape index (κ2) is 3.70. The van der Waals surface area contributed by atoms with Gasteiger partial charge in [-0.2, -0.15) is 0 Å². The van der Waals surface area contributed by atoms with Gasteiger partial charge in [0.15, 0.2) is 5.96 Å². The highest BCUT2D eigenvalue weighted by Crippen LogP contribution is 2.31. The number of nitrogens with zero attached hydrogens (tertiary/aromatic N) is 2. The van der Waals surface area contributed by atoms with Gasteiger partial charge in [0.25, 0.3) is 0 Å². The molecule has 0 saturated heterocycles. The zero-order valence-corrected chi connectivity index (χ0v) is 9.90. The van der Waals surface area contributed by atoms with Crippen LogP contribution in [0.1, 0.15) is 12.5 Å². The quantitative estimate of drug-likeness (QED) is 0.812. The average molecular weight is 219 g/mol. The van der Waals surface area contributed by atoms with Crippen LogP contribution in [0.5, 0.6) is 5.75 Å². The number of hydrogen-bond donors (Lipinski definition) is 1. The van der Waals surface area contributed by atoms with Gasteiger partial charge in [0.1, 0.15) is 5.75 Å². The van der Waals surface area contributed by atoms with E-state index in [1.165, 1.54) is 5.56 Å². The molecule has 0 saturated carbocycles. The highest BCUT2D eigenvalue weighted by molar-refractivity contribution is 5.81. The molecular weight excluding hydrogens is 202 g/mol. The van der Waals surface area contributed by atoms with Gasteiger partial charge in [0.2, 0.25) is 0 Å². The Kier molecular flexibility index (Phi) is 2.50. The molecule has 0 amide bonds. The van der Waals surface area contributed by atoms with Crippen LogP contribution in [0.4, 0.5) is 0 Å². The number of aliphatic imine (C=N–C) groups is 1. The van der Waals surface area contributed by atoms with Gasteiger partial charge in [-0.1, -0.05) is 12.1 Å². The summed E-state index contributed by atoms with van der Waals surface area (Å²) in [4.78, 5) is 6.29. The van der Waals surface area contributed by atoms with Crippen LogP contribution < -0.4 is 10.5 Å². The Morgan fingerprint density at radius 2 is 2.00 bits per heavy atom. The second-order valence-electron chi connectivity index (χ2n) is 4.24. The predicted octanol–water partition coefficient (Wildman–Crippen LogP) is 1.17. The molecule has 1 aromatic rings. The third-order valence-electron chi connectivity index (χ3n) is 3.34. The lowest BCUT2D eigenvalue weighted by Crippen LogP contribution is -2.44.